The van der Waals surface area contributed by atoms with Crippen LogP contribution in [0.5, 0.6) is 0 Å². The zero-order valence-corrected chi connectivity index (χ0v) is 17.0. The van der Waals surface area contributed by atoms with E-state index in [-0.39, 0.29) is 6.04 Å². The maximum Gasteiger partial charge on any atom is 0.155 e. The lowest BCUT2D eigenvalue weighted by atomic mass is 9.95. The lowest BCUT2D eigenvalue weighted by molar-refractivity contribution is 0.421. The van der Waals surface area contributed by atoms with Gasteiger partial charge in [-0.3, -0.25) is 0 Å². The standard InChI is InChI=1S/C21H26N6S/c1-2-9-16-14(7-1)18-20(22-13-23-21(18)28-16)26-11-5-3-8-15(26)19-25-24-17-10-4-6-12-27(17)19/h13,15H,1-12H2. The first kappa shape index (κ1) is 16.9. The molecule has 1 aliphatic carbocycles. The van der Waals surface area contributed by atoms with Crippen LogP contribution in [-0.2, 0) is 25.8 Å². The van der Waals surface area contributed by atoms with Crippen LogP contribution in [0.25, 0.3) is 10.2 Å². The molecule has 28 heavy (non-hydrogen) atoms. The molecule has 146 valence electrons. The fourth-order valence-corrected chi connectivity index (χ4v) is 6.55. The summed E-state index contributed by atoms with van der Waals surface area (Å²) in [4.78, 5) is 14.7. The second-order valence-corrected chi connectivity index (χ2v) is 9.46. The van der Waals surface area contributed by atoms with Crippen LogP contribution in [0, 0.1) is 0 Å². The highest BCUT2D eigenvalue weighted by atomic mass is 32.1. The highest BCUT2D eigenvalue weighted by Crippen LogP contribution is 2.43. The molecule has 1 atom stereocenters. The third kappa shape index (κ3) is 2.59. The highest BCUT2D eigenvalue weighted by Gasteiger charge is 2.33. The fourth-order valence-electron chi connectivity index (χ4n) is 5.32. The van der Waals surface area contributed by atoms with Gasteiger partial charge in [0, 0.05) is 24.4 Å². The molecule has 6 nitrogen and oxygen atoms in total. The zero-order chi connectivity index (χ0) is 18.5. The first-order chi connectivity index (χ1) is 13.9. The van der Waals surface area contributed by atoms with Crippen molar-refractivity contribution in [1.82, 2.24) is 24.7 Å². The van der Waals surface area contributed by atoms with Gasteiger partial charge in [0.2, 0.25) is 0 Å². The molecule has 3 aromatic heterocycles. The van der Waals surface area contributed by atoms with Gasteiger partial charge in [0.05, 0.1) is 11.4 Å². The van der Waals surface area contributed by atoms with E-state index in [2.05, 4.69) is 24.6 Å². The first-order valence-electron chi connectivity index (χ1n) is 10.8. The van der Waals surface area contributed by atoms with Crippen LogP contribution in [0.2, 0.25) is 0 Å². The number of hydrogen-bond donors (Lipinski definition) is 0. The second kappa shape index (κ2) is 6.79. The lowest BCUT2D eigenvalue weighted by Crippen LogP contribution is -2.36. The predicted molar refractivity (Wildman–Crippen MR) is 111 cm³/mol. The van der Waals surface area contributed by atoms with Crippen LogP contribution in [0.4, 0.5) is 5.82 Å². The topological polar surface area (TPSA) is 59.7 Å². The number of thiophene rings is 1. The van der Waals surface area contributed by atoms with Crippen molar-refractivity contribution in [3.63, 3.8) is 0 Å². The Balaban J connectivity index is 1.47. The van der Waals surface area contributed by atoms with Crippen LogP contribution in [0.1, 0.15) is 73.1 Å². The zero-order valence-electron chi connectivity index (χ0n) is 16.2. The molecule has 0 N–H and O–H groups in total. The smallest absolute Gasteiger partial charge is 0.155 e. The fraction of sp³-hybridized carbons (Fsp3) is 0.619. The number of nitrogens with zero attached hydrogens (tertiary/aromatic N) is 6. The predicted octanol–water partition coefficient (Wildman–Crippen LogP) is 4.23. The number of aromatic nitrogens is 5. The molecule has 7 heteroatoms. The minimum absolute atomic E-state index is 0.283. The molecular weight excluding hydrogens is 368 g/mol. The van der Waals surface area contributed by atoms with Crippen molar-refractivity contribution in [2.24, 2.45) is 0 Å². The van der Waals surface area contributed by atoms with Gasteiger partial charge in [0.1, 0.15) is 22.8 Å². The Labute approximate surface area is 169 Å². The number of rotatable bonds is 2. The largest absolute Gasteiger partial charge is 0.346 e. The minimum atomic E-state index is 0.283. The van der Waals surface area contributed by atoms with Gasteiger partial charge < -0.3 is 9.47 Å². The molecular formula is C21H26N6S. The number of aryl methyl sites for hydroxylation is 3. The van der Waals surface area contributed by atoms with Gasteiger partial charge in [0.15, 0.2) is 5.82 Å². The number of anilines is 1. The average molecular weight is 395 g/mol. The number of fused-ring (bicyclic) bond motifs is 4. The van der Waals surface area contributed by atoms with Crippen molar-refractivity contribution >= 4 is 27.4 Å². The summed E-state index contributed by atoms with van der Waals surface area (Å²) < 4.78 is 2.40. The summed E-state index contributed by atoms with van der Waals surface area (Å²) in [6.45, 7) is 2.11. The van der Waals surface area contributed by atoms with Crippen molar-refractivity contribution in [3.8, 4) is 0 Å². The molecule has 1 fully saturated rings. The molecule has 1 unspecified atom stereocenters. The summed E-state index contributed by atoms with van der Waals surface area (Å²) in [5, 5.41) is 10.5. The van der Waals surface area contributed by atoms with Crippen LogP contribution in [0.15, 0.2) is 6.33 Å². The molecule has 0 aromatic carbocycles. The summed E-state index contributed by atoms with van der Waals surface area (Å²) >= 11 is 1.89. The average Bonchev–Trinajstić information content (AvgIpc) is 3.35. The first-order valence-corrected chi connectivity index (χ1v) is 11.7. The molecule has 0 radical (unpaired) electrons. The summed E-state index contributed by atoms with van der Waals surface area (Å²) in [6, 6.07) is 0.283. The van der Waals surface area contributed by atoms with Crippen molar-refractivity contribution in [1.29, 1.82) is 0 Å². The molecule has 0 spiro atoms. The lowest BCUT2D eigenvalue weighted by Gasteiger charge is -2.37. The van der Waals surface area contributed by atoms with Gasteiger partial charge in [0.25, 0.3) is 0 Å². The molecule has 0 saturated carbocycles. The molecule has 3 aromatic rings. The van der Waals surface area contributed by atoms with Gasteiger partial charge in [-0.2, -0.15) is 0 Å². The Morgan fingerprint density at radius 3 is 2.79 bits per heavy atom. The van der Waals surface area contributed by atoms with E-state index in [4.69, 9.17) is 4.98 Å². The quantitative estimate of drug-likeness (QED) is 0.651. The van der Waals surface area contributed by atoms with Crippen molar-refractivity contribution < 1.29 is 0 Å². The molecule has 1 saturated heterocycles. The molecule has 2 aliphatic heterocycles. The maximum atomic E-state index is 4.85. The molecule has 6 rings (SSSR count). The highest BCUT2D eigenvalue weighted by molar-refractivity contribution is 7.19. The summed E-state index contributed by atoms with van der Waals surface area (Å²) in [5.41, 5.74) is 1.52. The number of hydrogen-bond acceptors (Lipinski definition) is 6. The van der Waals surface area contributed by atoms with Gasteiger partial charge in [-0.1, -0.05) is 0 Å². The van der Waals surface area contributed by atoms with Crippen LogP contribution in [-0.4, -0.2) is 31.3 Å². The third-order valence-electron chi connectivity index (χ3n) is 6.69. The maximum absolute atomic E-state index is 4.85. The molecule has 3 aliphatic rings. The molecule has 0 amide bonds. The normalized spacial score (nSPS) is 22.3. The van der Waals surface area contributed by atoms with Crippen molar-refractivity contribution in [2.75, 3.05) is 11.4 Å². The Kier molecular flexibility index (Phi) is 4.10. The van der Waals surface area contributed by atoms with E-state index < -0.39 is 0 Å². The van der Waals surface area contributed by atoms with Gasteiger partial charge in [-0.25, -0.2) is 9.97 Å². The van der Waals surface area contributed by atoms with Gasteiger partial charge in [-0.05, 0) is 63.4 Å². The number of piperidine rings is 1. The third-order valence-corrected chi connectivity index (χ3v) is 7.89. The monoisotopic (exact) mass is 394 g/mol. The Hall–Kier alpha value is -2.02. The van der Waals surface area contributed by atoms with Crippen molar-refractivity contribution in [3.05, 3.63) is 28.4 Å². The van der Waals surface area contributed by atoms with Gasteiger partial charge >= 0.3 is 0 Å². The summed E-state index contributed by atoms with van der Waals surface area (Å²) in [6.07, 6.45) is 13.9. The van der Waals surface area contributed by atoms with E-state index in [1.165, 1.54) is 77.8 Å². The van der Waals surface area contributed by atoms with E-state index >= 15 is 0 Å². The summed E-state index contributed by atoms with van der Waals surface area (Å²) in [7, 11) is 0. The van der Waals surface area contributed by atoms with Crippen LogP contribution >= 0.6 is 11.3 Å². The Bertz CT molecular complexity index is 1020. The van der Waals surface area contributed by atoms with E-state index in [9.17, 15) is 0 Å². The molecule has 0 bridgehead atoms. The van der Waals surface area contributed by atoms with E-state index in [1.54, 1.807) is 6.33 Å². The van der Waals surface area contributed by atoms with Crippen LogP contribution in [0.3, 0.4) is 0 Å². The summed E-state index contributed by atoms with van der Waals surface area (Å²) in [5.74, 6) is 3.47. The Morgan fingerprint density at radius 1 is 0.893 bits per heavy atom. The SMILES string of the molecule is c1nc(N2CCCCC2c2nnc3n2CCCC3)c2c3c(sc2n1)CCCC3. The van der Waals surface area contributed by atoms with E-state index in [1.807, 2.05) is 11.3 Å². The van der Waals surface area contributed by atoms with Crippen LogP contribution < -0.4 is 4.90 Å². The van der Waals surface area contributed by atoms with E-state index in [0.29, 0.717) is 0 Å². The second-order valence-electron chi connectivity index (χ2n) is 8.38. The van der Waals surface area contributed by atoms with Gasteiger partial charge in [-0.15, -0.1) is 21.5 Å². The molecule has 5 heterocycles. The minimum Gasteiger partial charge on any atom is -0.346 e. The Morgan fingerprint density at radius 2 is 1.79 bits per heavy atom. The van der Waals surface area contributed by atoms with Crippen molar-refractivity contribution in [2.45, 2.75) is 76.8 Å². The van der Waals surface area contributed by atoms with E-state index in [0.717, 1.165) is 37.6 Å².